The number of carbonyl (C=O) groups excluding carboxylic acids is 1. The van der Waals surface area contributed by atoms with Gasteiger partial charge in [-0.3, -0.25) is 4.79 Å². The van der Waals surface area contributed by atoms with Crippen LogP contribution >= 0.6 is 0 Å². The Labute approximate surface area is 132 Å². The van der Waals surface area contributed by atoms with Crippen LogP contribution in [0.2, 0.25) is 0 Å². The van der Waals surface area contributed by atoms with Crippen molar-refractivity contribution < 1.29 is 9.21 Å². The molecule has 7 heteroatoms. The van der Waals surface area contributed by atoms with Gasteiger partial charge in [0.15, 0.2) is 17.2 Å². The van der Waals surface area contributed by atoms with Crippen LogP contribution in [0.15, 0.2) is 22.6 Å². The SMILES string of the molecule is Cc1nc2cc(CC(=O)C3CNC3)nc(-c3ccc(C)o3)n2n1. The van der Waals surface area contributed by atoms with Gasteiger partial charge in [0.2, 0.25) is 0 Å². The summed E-state index contributed by atoms with van der Waals surface area (Å²) in [6, 6.07) is 5.56. The quantitative estimate of drug-likeness (QED) is 0.782. The van der Waals surface area contributed by atoms with Gasteiger partial charge in [0.1, 0.15) is 17.4 Å². The number of nitrogens with one attached hydrogen (secondary N) is 1. The maximum Gasteiger partial charge on any atom is 0.199 e. The van der Waals surface area contributed by atoms with Crippen LogP contribution in [0.5, 0.6) is 0 Å². The van der Waals surface area contributed by atoms with Gasteiger partial charge < -0.3 is 9.73 Å². The second-order valence-electron chi connectivity index (χ2n) is 5.91. The minimum Gasteiger partial charge on any atom is -0.458 e. The molecule has 0 saturated carbocycles. The number of furan rings is 1. The summed E-state index contributed by atoms with van der Waals surface area (Å²) in [7, 11) is 0. The van der Waals surface area contributed by atoms with Crippen LogP contribution in [0.4, 0.5) is 0 Å². The third-order valence-corrected chi connectivity index (χ3v) is 4.04. The van der Waals surface area contributed by atoms with Crippen molar-refractivity contribution in [2.45, 2.75) is 20.3 Å². The number of Topliss-reactive ketones (excluding diaryl/α,β-unsaturated/α-hetero) is 1. The van der Waals surface area contributed by atoms with Crippen LogP contribution in [0.3, 0.4) is 0 Å². The molecule has 1 saturated heterocycles. The molecule has 0 amide bonds. The molecule has 23 heavy (non-hydrogen) atoms. The van der Waals surface area contributed by atoms with Crippen LogP contribution in [0.1, 0.15) is 17.3 Å². The first kappa shape index (κ1) is 14.1. The van der Waals surface area contributed by atoms with Gasteiger partial charge in [-0.05, 0) is 26.0 Å². The average molecular weight is 311 g/mol. The molecule has 0 radical (unpaired) electrons. The highest BCUT2D eigenvalue weighted by Crippen LogP contribution is 2.22. The van der Waals surface area contributed by atoms with Gasteiger partial charge in [0, 0.05) is 31.5 Å². The van der Waals surface area contributed by atoms with Crippen molar-refractivity contribution in [3.8, 4) is 11.6 Å². The van der Waals surface area contributed by atoms with E-state index in [1.165, 1.54) is 0 Å². The molecule has 0 aliphatic carbocycles. The predicted molar refractivity (Wildman–Crippen MR) is 83.0 cm³/mol. The van der Waals surface area contributed by atoms with Crippen molar-refractivity contribution in [3.63, 3.8) is 0 Å². The maximum absolute atomic E-state index is 12.2. The number of hydrogen-bond acceptors (Lipinski definition) is 6. The molecule has 1 N–H and O–H groups in total. The molecule has 0 aromatic carbocycles. The van der Waals surface area contributed by atoms with Gasteiger partial charge in [-0.15, -0.1) is 5.10 Å². The molecular weight excluding hydrogens is 294 g/mol. The first-order chi connectivity index (χ1) is 11.1. The van der Waals surface area contributed by atoms with E-state index in [0.29, 0.717) is 35.2 Å². The summed E-state index contributed by atoms with van der Waals surface area (Å²) in [4.78, 5) is 21.2. The monoisotopic (exact) mass is 311 g/mol. The number of aromatic nitrogens is 4. The van der Waals surface area contributed by atoms with E-state index < -0.39 is 0 Å². The Bertz CT molecular complexity index is 891. The Morgan fingerprint density at radius 3 is 2.83 bits per heavy atom. The van der Waals surface area contributed by atoms with Gasteiger partial charge in [0.05, 0.1) is 5.69 Å². The van der Waals surface area contributed by atoms with Gasteiger partial charge in [-0.25, -0.2) is 9.97 Å². The molecule has 0 spiro atoms. The van der Waals surface area contributed by atoms with E-state index in [4.69, 9.17) is 4.42 Å². The van der Waals surface area contributed by atoms with Gasteiger partial charge in [0.25, 0.3) is 0 Å². The minimum atomic E-state index is 0.0990. The van der Waals surface area contributed by atoms with Crippen LogP contribution in [-0.4, -0.2) is 38.5 Å². The Morgan fingerprint density at radius 2 is 2.17 bits per heavy atom. The van der Waals surface area contributed by atoms with Crippen LogP contribution in [0.25, 0.3) is 17.2 Å². The lowest BCUT2D eigenvalue weighted by Gasteiger charge is -2.25. The Kier molecular flexibility index (Phi) is 3.23. The van der Waals surface area contributed by atoms with E-state index in [1.807, 2.05) is 32.0 Å². The molecule has 7 nitrogen and oxygen atoms in total. The fourth-order valence-electron chi connectivity index (χ4n) is 2.69. The number of fused-ring (bicyclic) bond motifs is 1. The minimum absolute atomic E-state index is 0.0990. The molecule has 1 fully saturated rings. The summed E-state index contributed by atoms with van der Waals surface area (Å²) >= 11 is 0. The van der Waals surface area contributed by atoms with E-state index in [-0.39, 0.29) is 11.7 Å². The van der Waals surface area contributed by atoms with Crippen molar-refractivity contribution in [2.24, 2.45) is 5.92 Å². The number of aryl methyl sites for hydroxylation is 2. The van der Waals surface area contributed by atoms with Gasteiger partial charge in [-0.2, -0.15) is 4.52 Å². The predicted octanol–water partition coefficient (Wildman–Crippen LogP) is 1.33. The fourth-order valence-corrected chi connectivity index (χ4v) is 2.69. The molecule has 0 atom stereocenters. The van der Waals surface area contributed by atoms with Crippen LogP contribution in [0, 0.1) is 19.8 Å². The molecule has 1 aliphatic rings. The summed E-state index contributed by atoms with van der Waals surface area (Å²) in [5, 5.41) is 7.49. The second-order valence-corrected chi connectivity index (χ2v) is 5.91. The summed E-state index contributed by atoms with van der Waals surface area (Å²) in [6.07, 6.45) is 0.307. The van der Waals surface area contributed by atoms with Crippen molar-refractivity contribution in [2.75, 3.05) is 13.1 Å². The maximum atomic E-state index is 12.2. The van der Waals surface area contributed by atoms with E-state index in [0.717, 1.165) is 18.8 Å². The Balaban J connectivity index is 1.78. The third-order valence-electron chi connectivity index (χ3n) is 4.04. The lowest BCUT2D eigenvalue weighted by atomic mass is 9.95. The van der Waals surface area contributed by atoms with E-state index >= 15 is 0 Å². The molecular formula is C16H17N5O2. The third kappa shape index (κ3) is 2.53. The highest BCUT2D eigenvalue weighted by atomic mass is 16.3. The molecule has 118 valence electrons. The topological polar surface area (TPSA) is 85.3 Å². The zero-order valence-electron chi connectivity index (χ0n) is 13.0. The standard InChI is InChI=1S/C16H17N5O2/c1-9-3-4-14(23-9)16-19-12(5-13(22)11-7-17-8-11)6-15-18-10(2)20-21(15)16/h3-4,6,11,17H,5,7-8H2,1-2H3. The normalized spacial score (nSPS) is 15.0. The van der Waals surface area contributed by atoms with E-state index in [1.54, 1.807) is 4.52 Å². The highest BCUT2D eigenvalue weighted by molar-refractivity contribution is 5.84. The zero-order chi connectivity index (χ0) is 16.0. The number of hydrogen-bond donors (Lipinski definition) is 1. The molecule has 3 aromatic heterocycles. The summed E-state index contributed by atoms with van der Waals surface area (Å²) < 4.78 is 7.34. The van der Waals surface area contributed by atoms with Crippen molar-refractivity contribution >= 4 is 11.4 Å². The number of carbonyl (C=O) groups is 1. The number of nitrogens with zero attached hydrogens (tertiary/aromatic N) is 4. The van der Waals surface area contributed by atoms with E-state index in [2.05, 4.69) is 20.4 Å². The zero-order valence-corrected chi connectivity index (χ0v) is 13.0. The number of ketones is 1. The lowest BCUT2D eigenvalue weighted by molar-refractivity contribution is -0.123. The molecule has 0 bridgehead atoms. The Morgan fingerprint density at radius 1 is 1.35 bits per heavy atom. The average Bonchev–Trinajstić information content (AvgIpc) is 3.00. The molecule has 4 heterocycles. The fraction of sp³-hybridized carbons (Fsp3) is 0.375. The molecule has 4 rings (SSSR count). The van der Waals surface area contributed by atoms with Crippen molar-refractivity contribution in [3.05, 3.63) is 35.5 Å². The molecule has 3 aromatic rings. The summed E-state index contributed by atoms with van der Waals surface area (Å²) in [5.41, 5.74) is 1.38. The summed E-state index contributed by atoms with van der Waals surface area (Å²) in [5.74, 6) is 2.96. The first-order valence-electron chi connectivity index (χ1n) is 7.64. The van der Waals surface area contributed by atoms with Crippen LogP contribution in [-0.2, 0) is 11.2 Å². The lowest BCUT2D eigenvalue weighted by Crippen LogP contribution is -2.47. The molecule has 0 unspecified atom stereocenters. The summed E-state index contributed by atoms with van der Waals surface area (Å²) in [6.45, 7) is 5.23. The second kappa shape index (κ2) is 5.27. The highest BCUT2D eigenvalue weighted by Gasteiger charge is 2.25. The smallest absolute Gasteiger partial charge is 0.199 e. The largest absolute Gasteiger partial charge is 0.458 e. The van der Waals surface area contributed by atoms with Crippen molar-refractivity contribution in [1.82, 2.24) is 24.9 Å². The van der Waals surface area contributed by atoms with E-state index in [9.17, 15) is 4.79 Å². The Hall–Kier alpha value is -2.54. The van der Waals surface area contributed by atoms with Crippen molar-refractivity contribution in [1.29, 1.82) is 0 Å². The van der Waals surface area contributed by atoms with Gasteiger partial charge in [-0.1, -0.05) is 0 Å². The van der Waals surface area contributed by atoms with Gasteiger partial charge >= 0.3 is 0 Å². The number of rotatable bonds is 4. The first-order valence-corrected chi connectivity index (χ1v) is 7.64. The van der Waals surface area contributed by atoms with Crippen LogP contribution < -0.4 is 5.32 Å². The molecule has 1 aliphatic heterocycles.